The lowest BCUT2D eigenvalue weighted by molar-refractivity contribution is -0.121. The van der Waals surface area contributed by atoms with Gasteiger partial charge < -0.3 is 5.32 Å². The third-order valence-electron chi connectivity index (χ3n) is 6.05. The van der Waals surface area contributed by atoms with Gasteiger partial charge in [0.2, 0.25) is 5.91 Å². The smallest absolute Gasteiger partial charge is 0.224 e. The Balaban J connectivity index is 1.32. The fourth-order valence-corrected chi connectivity index (χ4v) is 4.41. The Labute approximate surface area is 189 Å². The van der Waals surface area contributed by atoms with Crippen molar-refractivity contribution in [1.82, 2.24) is 20.0 Å². The summed E-state index contributed by atoms with van der Waals surface area (Å²) >= 11 is 6.00. The molecule has 0 bridgehead atoms. The minimum absolute atomic E-state index is 0.0726. The number of nitrogens with zero attached hydrogens (tertiary/aromatic N) is 3. The van der Waals surface area contributed by atoms with E-state index in [1.165, 1.54) is 5.56 Å². The van der Waals surface area contributed by atoms with Crippen molar-refractivity contribution < 1.29 is 4.79 Å². The molecule has 0 unspecified atom stereocenters. The summed E-state index contributed by atoms with van der Waals surface area (Å²) in [5.41, 5.74) is 5.16. The highest BCUT2D eigenvalue weighted by molar-refractivity contribution is 6.30. The average molecular weight is 437 g/mol. The number of halogens is 1. The summed E-state index contributed by atoms with van der Waals surface area (Å²) in [5, 5.41) is 8.58. The van der Waals surface area contributed by atoms with E-state index in [1.807, 2.05) is 48.9 Å². The molecule has 1 fully saturated rings. The van der Waals surface area contributed by atoms with Crippen molar-refractivity contribution in [1.29, 1.82) is 0 Å². The van der Waals surface area contributed by atoms with E-state index in [9.17, 15) is 4.79 Å². The predicted octanol–water partition coefficient (Wildman–Crippen LogP) is 4.47. The van der Waals surface area contributed by atoms with Crippen LogP contribution >= 0.6 is 11.6 Å². The van der Waals surface area contributed by atoms with Crippen LogP contribution in [-0.2, 0) is 17.8 Å². The van der Waals surface area contributed by atoms with Crippen LogP contribution in [0.3, 0.4) is 0 Å². The molecule has 1 aliphatic rings. The third kappa shape index (κ3) is 5.35. The van der Waals surface area contributed by atoms with Gasteiger partial charge in [-0.1, -0.05) is 41.9 Å². The standard InChI is InChI=1S/C25H29ClN4O/c1-18-24(19(2)30(28-18)23-10-8-21(26)9-11-23)16-25(31)27-22-12-14-29(15-13-22)17-20-6-4-3-5-7-20/h3-11,22H,12-17H2,1-2H3,(H,27,31). The van der Waals surface area contributed by atoms with E-state index in [1.54, 1.807) is 0 Å². The van der Waals surface area contributed by atoms with Crippen LogP contribution in [0.4, 0.5) is 0 Å². The number of carbonyl (C=O) groups excluding carboxylic acids is 1. The minimum atomic E-state index is 0.0726. The van der Waals surface area contributed by atoms with Crippen molar-refractivity contribution in [3.05, 3.63) is 82.1 Å². The van der Waals surface area contributed by atoms with Gasteiger partial charge in [-0.15, -0.1) is 0 Å². The van der Waals surface area contributed by atoms with E-state index in [2.05, 4.69) is 39.6 Å². The van der Waals surface area contributed by atoms with E-state index in [-0.39, 0.29) is 11.9 Å². The van der Waals surface area contributed by atoms with Gasteiger partial charge in [-0.25, -0.2) is 4.68 Å². The number of hydrogen-bond acceptors (Lipinski definition) is 3. The SMILES string of the molecule is Cc1nn(-c2ccc(Cl)cc2)c(C)c1CC(=O)NC1CCN(Cc2ccccc2)CC1. The summed E-state index contributed by atoms with van der Waals surface area (Å²) < 4.78 is 1.89. The monoisotopic (exact) mass is 436 g/mol. The number of aryl methyl sites for hydroxylation is 1. The second-order valence-corrected chi connectivity index (χ2v) is 8.75. The number of amides is 1. The summed E-state index contributed by atoms with van der Waals surface area (Å²) in [6.45, 7) is 6.96. The number of aromatic nitrogens is 2. The molecule has 1 saturated heterocycles. The zero-order chi connectivity index (χ0) is 21.8. The molecule has 2 aromatic carbocycles. The Hall–Kier alpha value is -2.63. The molecule has 3 aromatic rings. The second kappa shape index (κ2) is 9.67. The molecular formula is C25H29ClN4O. The maximum Gasteiger partial charge on any atom is 0.224 e. The molecule has 1 aromatic heterocycles. The first kappa shape index (κ1) is 21.6. The van der Waals surface area contributed by atoms with Crippen LogP contribution in [-0.4, -0.2) is 39.7 Å². The Kier molecular flexibility index (Phi) is 6.73. The van der Waals surface area contributed by atoms with Crippen molar-refractivity contribution >= 4 is 17.5 Å². The molecule has 0 aliphatic carbocycles. The van der Waals surface area contributed by atoms with Crippen molar-refractivity contribution in [3.63, 3.8) is 0 Å². The molecule has 5 nitrogen and oxygen atoms in total. The van der Waals surface area contributed by atoms with Crippen LogP contribution in [0.2, 0.25) is 5.02 Å². The molecule has 1 aliphatic heterocycles. The highest BCUT2D eigenvalue weighted by Crippen LogP contribution is 2.20. The lowest BCUT2D eigenvalue weighted by atomic mass is 10.0. The number of hydrogen-bond donors (Lipinski definition) is 1. The van der Waals surface area contributed by atoms with Gasteiger partial charge in [-0.3, -0.25) is 9.69 Å². The molecule has 31 heavy (non-hydrogen) atoms. The van der Waals surface area contributed by atoms with Crippen LogP contribution in [0, 0.1) is 13.8 Å². The van der Waals surface area contributed by atoms with Crippen molar-refractivity contribution in [2.24, 2.45) is 0 Å². The lowest BCUT2D eigenvalue weighted by Gasteiger charge is -2.32. The van der Waals surface area contributed by atoms with E-state index < -0.39 is 0 Å². The van der Waals surface area contributed by atoms with Crippen molar-refractivity contribution in [3.8, 4) is 5.69 Å². The van der Waals surface area contributed by atoms with Crippen LogP contribution in [0.5, 0.6) is 0 Å². The van der Waals surface area contributed by atoms with E-state index in [0.717, 1.165) is 55.1 Å². The van der Waals surface area contributed by atoms with Crippen LogP contribution in [0.25, 0.3) is 5.69 Å². The summed E-state index contributed by atoms with van der Waals surface area (Å²) in [4.78, 5) is 15.2. The Morgan fingerprint density at radius 1 is 1.06 bits per heavy atom. The molecule has 4 rings (SSSR count). The zero-order valence-electron chi connectivity index (χ0n) is 18.1. The number of piperidine rings is 1. The first-order chi connectivity index (χ1) is 15.0. The van der Waals surface area contributed by atoms with E-state index in [4.69, 9.17) is 11.6 Å². The first-order valence-corrected chi connectivity index (χ1v) is 11.2. The number of likely N-dealkylation sites (tertiary alicyclic amines) is 1. The van der Waals surface area contributed by atoms with E-state index >= 15 is 0 Å². The fraction of sp³-hybridized carbons (Fsp3) is 0.360. The van der Waals surface area contributed by atoms with Gasteiger partial charge in [0.25, 0.3) is 0 Å². The summed E-state index contributed by atoms with van der Waals surface area (Å²) in [5.74, 6) is 0.0726. The molecule has 2 heterocycles. The molecule has 0 saturated carbocycles. The topological polar surface area (TPSA) is 50.2 Å². The average Bonchev–Trinajstić information content (AvgIpc) is 3.05. The van der Waals surface area contributed by atoms with Gasteiger partial charge in [-0.05, 0) is 56.5 Å². The largest absolute Gasteiger partial charge is 0.353 e. The minimum Gasteiger partial charge on any atom is -0.353 e. The first-order valence-electron chi connectivity index (χ1n) is 10.9. The Morgan fingerprint density at radius 2 is 1.74 bits per heavy atom. The molecule has 0 atom stereocenters. The van der Waals surface area contributed by atoms with Gasteiger partial charge in [0.05, 0.1) is 17.8 Å². The molecule has 162 valence electrons. The van der Waals surface area contributed by atoms with Gasteiger partial charge in [0, 0.05) is 42.0 Å². The summed E-state index contributed by atoms with van der Waals surface area (Å²) in [7, 11) is 0. The molecule has 0 radical (unpaired) electrons. The van der Waals surface area contributed by atoms with Crippen LogP contribution < -0.4 is 5.32 Å². The molecule has 1 amide bonds. The highest BCUT2D eigenvalue weighted by Gasteiger charge is 2.22. The van der Waals surface area contributed by atoms with Gasteiger partial charge in [-0.2, -0.15) is 5.10 Å². The number of benzene rings is 2. The van der Waals surface area contributed by atoms with Gasteiger partial charge >= 0.3 is 0 Å². The van der Waals surface area contributed by atoms with Crippen LogP contribution in [0.1, 0.15) is 35.4 Å². The number of nitrogens with one attached hydrogen (secondary N) is 1. The van der Waals surface area contributed by atoms with Crippen LogP contribution in [0.15, 0.2) is 54.6 Å². The number of rotatable bonds is 6. The normalized spacial score (nSPS) is 15.2. The Morgan fingerprint density at radius 3 is 2.42 bits per heavy atom. The van der Waals surface area contributed by atoms with Gasteiger partial charge in [0.1, 0.15) is 0 Å². The predicted molar refractivity (Wildman–Crippen MR) is 125 cm³/mol. The second-order valence-electron chi connectivity index (χ2n) is 8.32. The molecule has 0 spiro atoms. The quantitative estimate of drug-likeness (QED) is 0.620. The maximum atomic E-state index is 12.8. The number of carbonyl (C=O) groups is 1. The van der Waals surface area contributed by atoms with Gasteiger partial charge in [0.15, 0.2) is 0 Å². The molecule has 1 N–H and O–H groups in total. The zero-order valence-corrected chi connectivity index (χ0v) is 18.9. The summed E-state index contributed by atoms with van der Waals surface area (Å²) in [6, 6.07) is 18.4. The van der Waals surface area contributed by atoms with Crippen molar-refractivity contribution in [2.45, 2.75) is 45.7 Å². The summed E-state index contributed by atoms with van der Waals surface area (Å²) in [6.07, 6.45) is 2.33. The lowest BCUT2D eigenvalue weighted by Crippen LogP contribution is -2.44. The van der Waals surface area contributed by atoms with Crippen molar-refractivity contribution in [2.75, 3.05) is 13.1 Å². The van der Waals surface area contributed by atoms with E-state index in [0.29, 0.717) is 11.4 Å². The highest BCUT2D eigenvalue weighted by atomic mass is 35.5. The Bertz CT molecular complexity index is 1020. The molecular weight excluding hydrogens is 408 g/mol. The molecule has 6 heteroatoms. The third-order valence-corrected chi connectivity index (χ3v) is 6.30. The maximum absolute atomic E-state index is 12.8. The fourth-order valence-electron chi connectivity index (χ4n) is 4.28.